The molecular weight excluding hydrogens is 100 g/mol. The molecule has 0 saturated carbocycles. The van der Waals surface area contributed by atoms with Gasteiger partial charge < -0.3 is 10.6 Å². The van der Waals surface area contributed by atoms with Crippen LogP contribution in [0.4, 0.5) is 0 Å². The van der Waals surface area contributed by atoms with Gasteiger partial charge in [0.05, 0.1) is 0 Å². The van der Waals surface area contributed by atoms with Gasteiger partial charge in [0, 0.05) is 25.3 Å². The lowest BCUT2D eigenvalue weighted by atomic mass is 10.3. The molecule has 1 saturated heterocycles. The van der Waals surface area contributed by atoms with Gasteiger partial charge >= 0.3 is 0 Å². The molecule has 0 aromatic rings. The van der Waals surface area contributed by atoms with E-state index in [1.165, 1.54) is 5.70 Å². The minimum absolute atomic E-state index is 1.01. The van der Waals surface area contributed by atoms with E-state index in [2.05, 4.69) is 23.6 Å². The molecule has 0 amide bonds. The molecule has 2 nitrogen and oxygen atoms in total. The van der Waals surface area contributed by atoms with Crippen LogP contribution in [0.5, 0.6) is 0 Å². The highest BCUT2D eigenvalue weighted by Gasteiger charge is 1.98. The predicted octanol–water partition coefficient (Wildman–Crippen LogP) is 0.0830. The van der Waals surface area contributed by atoms with Gasteiger partial charge in [0.25, 0.3) is 0 Å². The molecule has 0 unspecified atom stereocenters. The first-order valence-electron chi connectivity index (χ1n) is 3.03. The van der Waals surface area contributed by atoms with Crippen molar-refractivity contribution in [3.63, 3.8) is 0 Å². The van der Waals surface area contributed by atoms with Crippen LogP contribution in [0.1, 0.15) is 6.92 Å². The van der Waals surface area contributed by atoms with Crippen LogP contribution in [-0.4, -0.2) is 19.6 Å². The molecule has 1 aliphatic rings. The molecule has 46 valence electrons. The lowest BCUT2D eigenvalue weighted by molar-refractivity contribution is 0.597. The summed E-state index contributed by atoms with van der Waals surface area (Å²) in [5.74, 6) is 0. The third kappa shape index (κ3) is 1.23. The van der Waals surface area contributed by atoms with Crippen molar-refractivity contribution < 1.29 is 0 Å². The Labute approximate surface area is 50.0 Å². The summed E-state index contributed by atoms with van der Waals surface area (Å²) in [5, 5.41) is 6.52. The van der Waals surface area contributed by atoms with Gasteiger partial charge in [-0.15, -0.1) is 0 Å². The molecule has 0 aliphatic carbocycles. The van der Waals surface area contributed by atoms with Crippen molar-refractivity contribution in [1.29, 1.82) is 0 Å². The Morgan fingerprint density at radius 3 is 2.75 bits per heavy atom. The average Bonchev–Trinajstić information content (AvgIpc) is 1.90. The minimum atomic E-state index is 1.01. The maximum absolute atomic E-state index is 3.27. The van der Waals surface area contributed by atoms with E-state index in [1.54, 1.807) is 0 Å². The maximum atomic E-state index is 3.27. The van der Waals surface area contributed by atoms with Crippen LogP contribution in [-0.2, 0) is 0 Å². The Kier molecular flexibility index (Phi) is 1.92. The fourth-order valence-corrected chi connectivity index (χ4v) is 0.801. The lowest BCUT2D eigenvalue weighted by Crippen LogP contribution is -2.37. The summed E-state index contributed by atoms with van der Waals surface area (Å²) in [7, 11) is 0. The van der Waals surface area contributed by atoms with Crippen LogP contribution in [0.15, 0.2) is 11.8 Å². The molecule has 0 spiro atoms. The standard InChI is InChI=1S/C6H12N2/c1-2-6-5-7-3-4-8-6/h2,7-8H,3-5H2,1H3/b6-2-. The topological polar surface area (TPSA) is 24.1 Å². The zero-order valence-electron chi connectivity index (χ0n) is 5.20. The summed E-state index contributed by atoms with van der Waals surface area (Å²) >= 11 is 0. The van der Waals surface area contributed by atoms with E-state index in [-0.39, 0.29) is 0 Å². The minimum Gasteiger partial charge on any atom is -0.386 e. The van der Waals surface area contributed by atoms with Crippen LogP contribution >= 0.6 is 0 Å². The second kappa shape index (κ2) is 2.72. The van der Waals surface area contributed by atoms with Gasteiger partial charge in [0.2, 0.25) is 0 Å². The quantitative estimate of drug-likeness (QED) is 0.464. The van der Waals surface area contributed by atoms with Gasteiger partial charge in [-0.05, 0) is 6.92 Å². The van der Waals surface area contributed by atoms with Gasteiger partial charge in [0.15, 0.2) is 0 Å². The molecule has 0 bridgehead atoms. The van der Waals surface area contributed by atoms with Crippen molar-refractivity contribution >= 4 is 0 Å². The van der Waals surface area contributed by atoms with Crippen LogP contribution < -0.4 is 10.6 Å². The van der Waals surface area contributed by atoms with Gasteiger partial charge in [-0.3, -0.25) is 0 Å². The largest absolute Gasteiger partial charge is 0.386 e. The fourth-order valence-electron chi connectivity index (χ4n) is 0.801. The van der Waals surface area contributed by atoms with E-state index < -0.39 is 0 Å². The van der Waals surface area contributed by atoms with Crippen LogP contribution in [0.2, 0.25) is 0 Å². The number of hydrogen-bond donors (Lipinski definition) is 2. The first-order valence-corrected chi connectivity index (χ1v) is 3.03. The average molecular weight is 112 g/mol. The third-order valence-corrected chi connectivity index (χ3v) is 1.32. The number of hydrogen-bond acceptors (Lipinski definition) is 2. The first-order chi connectivity index (χ1) is 3.93. The molecule has 8 heavy (non-hydrogen) atoms. The molecule has 0 atom stereocenters. The Morgan fingerprint density at radius 1 is 1.50 bits per heavy atom. The van der Waals surface area contributed by atoms with E-state index >= 15 is 0 Å². The molecule has 1 heterocycles. The zero-order valence-corrected chi connectivity index (χ0v) is 5.20. The fraction of sp³-hybridized carbons (Fsp3) is 0.667. The Hall–Kier alpha value is -0.500. The zero-order chi connectivity index (χ0) is 5.82. The normalized spacial score (nSPS) is 25.4. The first kappa shape index (κ1) is 5.63. The molecule has 1 rings (SSSR count). The predicted molar refractivity (Wildman–Crippen MR) is 34.6 cm³/mol. The Bertz CT molecular complexity index is 88.7. The summed E-state index contributed by atoms with van der Waals surface area (Å²) in [6.07, 6.45) is 2.10. The van der Waals surface area contributed by atoms with E-state index in [0.29, 0.717) is 0 Å². The van der Waals surface area contributed by atoms with E-state index in [0.717, 1.165) is 19.6 Å². The summed E-state index contributed by atoms with van der Waals surface area (Å²) in [6.45, 7) is 5.23. The highest BCUT2D eigenvalue weighted by atomic mass is 15.0. The number of piperazine rings is 1. The van der Waals surface area contributed by atoms with Crippen molar-refractivity contribution in [3.05, 3.63) is 11.8 Å². The van der Waals surface area contributed by atoms with Crippen molar-refractivity contribution in [3.8, 4) is 0 Å². The SMILES string of the molecule is C/C=C1/CNCCN1. The smallest absolute Gasteiger partial charge is 0.0351 e. The van der Waals surface area contributed by atoms with Crippen molar-refractivity contribution in [2.45, 2.75) is 6.92 Å². The number of allylic oxidation sites excluding steroid dienone is 1. The second-order valence-electron chi connectivity index (χ2n) is 1.92. The van der Waals surface area contributed by atoms with Crippen LogP contribution in [0.25, 0.3) is 0 Å². The summed E-state index contributed by atoms with van der Waals surface area (Å²) in [4.78, 5) is 0. The molecule has 0 aromatic heterocycles. The molecule has 1 aliphatic heterocycles. The van der Waals surface area contributed by atoms with E-state index in [1.807, 2.05) is 0 Å². The monoisotopic (exact) mass is 112 g/mol. The van der Waals surface area contributed by atoms with Crippen LogP contribution in [0.3, 0.4) is 0 Å². The molecule has 0 radical (unpaired) electrons. The van der Waals surface area contributed by atoms with Crippen molar-refractivity contribution in [2.75, 3.05) is 19.6 Å². The van der Waals surface area contributed by atoms with Gasteiger partial charge in [-0.25, -0.2) is 0 Å². The molecule has 2 heteroatoms. The van der Waals surface area contributed by atoms with Crippen molar-refractivity contribution in [1.82, 2.24) is 10.6 Å². The number of rotatable bonds is 0. The van der Waals surface area contributed by atoms with E-state index in [9.17, 15) is 0 Å². The Balaban J connectivity index is 2.33. The molecule has 0 aromatic carbocycles. The molecule has 1 fully saturated rings. The van der Waals surface area contributed by atoms with Crippen LogP contribution in [0, 0.1) is 0 Å². The van der Waals surface area contributed by atoms with Crippen molar-refractivity contribution in [2.24, 2.45) is 0 Å². The lowest BCUT2D eigenvalue weighted by Gasteiger charge is -2.17. The third-order valence-electron chi connectivity index (χ3n) is 1.32. The summed E-state index contributed by atoms with van der Waals surface area (Å²) in [6, 6.07) is 0. The summed E-state index contributed by atoms with van der Waals surface area (Å²) in [5.41, 5.74) is 1.32. The van der Waals surface area contributed by atoms with Gasteiger partial charge in [-0.1, -0.05) is 6.08 Å². The maximum Gasteiger partial charge on any atom is 0.0351 e. The van der Waals surface area contributed by atoms with Gasteiger partial charge in [0.1, 0.15) is 0 Å². The van der Waals surface area contributed by atoms with E-state index in [4.69, 9.17) is 0 Å². The number of nitrogens with one attached hydrogen (secondary N) is 2. The second-order valence-corrected chi connectivity index (χ2v) is 1.92. The highest BCUT2D eigenvalue weighted by molar-refractivity contribution is 5.02. The molecule has 2 N–H and O–H groups in total. The van der Waals surface area contributed by atoms with Gasteiger partial charge in [-0.2, -0.15) is 0 Å². The highest BCUT2D eigenvalue weighted by Crippen LogP contribution is 1.88. The molecular formula is C6H12N2. The Morgan fingerprint density at radius 2 is 2.38 bits per heavy atom. The summed E-state index contributed by atoms with van der Waals surface area (Å²) < 4.78 is 0.